The molecule has 0 spiro atoms. The molecular weight excluding hydrogens is 448 g/mol. The fourth-order valence-corrected chi connectivity index (χ4v) is 2.90. The van der Waals surface area contributed by atoms with Crippen LogP contribution in [0.25, 0.3) is 0 Å². The molecule has 0 aliphatic heterocycles. The lowest BCUT2D eigenvalue weighted by molar-refractivity contribution is -0.114. The van der Waals surface area contributed by atoms with Gasteiger partial charge in [-0.25, -0.2) is 0 Å². The van der Waals surface area contributed by atoms with E-state index in [4.69, 9.17) is 0 Å². The van der Waals surface area contributed by atoms with Gasteiger partial charge in [0.15, 0.2) is 17.3 Å². The maximum atomic E-state index is 12.8. The van der Waals surface area contributed by atoms with Crippen LogP contribution in [0.2, 0.25) is 0 Å². The lowest BCUT2D eigenvalue weighted by atomic mass is 9.84. The number of rotatable bonds is 7. The van der Waals surface area contributed by atoms with Crippen LogP contribution >= 0.6 is 31.9 Å². The standard InChI is InChI=1S/C20H16Br2O3/c1-12(13(2)23)18(20(25)15-5-9-17(22)10-6-15)11-19(24)14-3-7-16(21)8-4-14/h3-10,18H,1,11H2,2H3/t18-/m1/s1. The smallest absolute Gasteiger partial charge is 0.170 e. The van der Waals surface area contributed by atoms with E-state index < -0.39 is 5.92 Å². The molecule has 25 heavy (non-hydrogen) atoms. The second-order valence-electron chi connectivity index (χ2n) is 5.64. The SMILES string of the molecule is C=C(C(C)=O)[C@@H](CC(=O)c1ccc(Br)cc1)C(=O)c1ccc(Br)cc1. The van der Waals surface area contributed by atoms with E-state index in [-0.39, 0.29) is 29.3 Å². The predicted molar refractivity (Wildman–Crippen MR) is 105 cm³/mol. The maximum absolute atomic E-state index is 12.8. The van der Waals surface area contributed by atoms with Crippen LogP contribution in [0.5, 0.6) is 0 Å². The summed E-state index contributed by atoms with van der Waals surface area (Å²) in [6, 6.07) is 13.7. The molecule has 128 valence electrons. The first-order valence-electron chi connectivity index (χ1n) is 7.58. The fourth-order valence-electron chi connectivity index (χ4n) is 2.37. The second kappa shape index (κ2) is 8.50. The first-order chi connectivity index (χ1) is 11.8. The quantitative estimate of drug-likeness (QED) is 0.406. The van der Waals surface area contributed by atoms with Crippen molar-refractivity contribution in [2.24, 2.45) is 5.92 Å². The first kappa shape index (κ1) is 19.5. The number of carbonyl (C=O) groups is 3. The fraction of sp³-hybridized carbons (Fsp3) is 0.150. The van der Waals surface area contributed by atoms with Gasteiger partial charge in [0.25, 0.3) is 0 Å². The van der Waals surface area contributed by atoms with E-state index in [1.807, 2.05) is 0 Å². The van der Waals surface area contributed by atoms with Crippen molar-refractivity contribution < 1.29 is 14.4 Å². The van der Waals surface area contributed by atoms with Gasteiger partial charge in [-0.15, -0.1) is 0 Å². The highest BCUT2D eigenvalue weighted by Crippen LogP contribution is 2.24. The van der Waals surface area contributed by atoms with Gasteiger partial charge in [0, 0.05) is 26.5 Å². The number of carbonyl (C=O) groups excluding carboxylic acids is 3. The van der Waals surface area contributed by atoms with Gasteiger partial charge in [-0.1, -0.05) is 62.7 Å². The molecule has 0 aliphatic carbocycles. The molecular formula is C20H16Br2O3. The molecule has 0 saturated carbocycles. The van der Waals surface area contributed by atoms with Crippen LogP contribution in [0.15, 0.2) is 69.6 Å². The number of ketones is 3. The number of halogens is 2. The lowest BCUT2D eigenvalue weighted by Crippen LogP contribution is -2.23. The highest BCUT2D eigenvalue weighted by molar-refractivity contribution is 9.10. The first-order valence-corrected chi connectivity index (χ1v) is 9.16. The molecule has 0 heterocycles. The number of hydrogen-bond donors (Lipinski definition) is 0. The van der Waals surface area contributed by atoms with E-state index in [0.717, 1.165) is 8.95 Å². The van der Waals surface area contributed by atoms with Gasteiger partial charge < -0.3 is 0 Å². The Bertz CT molecular complexity index is 821. The Labute approximate surface area is 163 Å². The summed E-state index contributed by atoms with van der Waals surface area (Å²) in [7, 11) is 0. The number of Topliss-reactive ketones (excluding diaryl/α,β-unsaturated/α-hetero) is 3. The molecule has 2 aromatic rings. The van der Waals surface area contributed by atoms with E-state index in [1.54, 1.807) is 48.5 Å². The second-order valence-corrected chi connectivity index (χ2v) is 7.47. The van der Waals surface area contributed by atoms with Crippen molar-refractivity contribution in [2.45, 2.75) is 13.3 Å². The summed E-state index contributed by atoms with van der Waals surface area (Å²) in [5.74, 6) is -1.64. The summed E-state index contributed by atoms with van der Waals surface area (Å²) in [6.07, 6.45) is -0.0884. The van der Waals surface area contributed by atoms with Gasteiger partial charge in [0.1, 0.15) is 0 Å². The molecule has 0 saturated heterocycles. The topological polar surface area (TPSA) is 51.2 Å². The van der Waals surface area contributed by atoms with Crippen molar-refractivity contribution in [3.8, 4) is 0 Å². The van der Waals surface area contributed by atoms with Gasteiger partial charge >= 0.3 is 0 Å². The Hall–Kier alpha value is -1.85. The molecule has 0 radical (unpaired) electrons. The maximum Gasteiger partial charge on any atom is 0.170 e. The molecule has 2 aromatic carbocycles. The molecule has 2 rings (SSSR count). The molecule has 0 aliphatic rings. The zero-order chi connectivity index (χ0) is 18.6. The van der Waals surface area contributed by atoms with Crippen LogP contribution in [-0.2, 0) is 4.79 Å². The van der Waals surface area contributed by atoms with E-state index in [9.17, 15) is 14.4 Å². The average Bonchev–Trinajstić information content (AvgIpc) is 2.59. The van der Waals surface area contributed by atoms with Crippen LogP contribution in [0.4, 0.5) is 0 Å². The Kier molecular flexibility index (Phi) is 6.62. The highest BCUT2D eigenvalue weighted by Gasteiger charge is 2.28. The molecule has 0 bridgehead atoms. The van der Waals surface area contributed by atoms with E-state index >= 15 is 0 Å². The molecule has 1 atom stereocenters. The van der Waals surface area contributed by atoms with Gasteiger partial charge in [-0.3, -0.25) is 14.4 Å². The van der Waals surface area contributed by atoms with Gasteiger partial charge in [0.2, 0.25) is 0 Å². The van der Waals surface area contributed by atoms with Crippen molar-refractivity contribution in [1.82, 2.24) is 0 Å². The summed E-state index contributed by atoms with van der Waals surface area (Å²) in [6.45, 7) is 5.10. The Balaban J connectivity index is 2.29. The molecule has 0 fully saturated rings. The van der Waals surface area contributed by atoms with Crippen LogP contribution in [-0.4, -0.2) is 17.3 Å². The highest BCUT2D eigenvalue weighted by atomic mass is 79.9. The summed E-state index contributed by atoms with van der Waals surface area (Å²) in [5, 5.41) is 0. The summed E-state index contributed by atoms with van der Waals surface area (Å²) in [5.41, 5.74) is 1.09. The molecule has 3 nitrogen and oxygen atoms in total. The monoisotopic (exact) mass is 462 g/mol. The summed E-state index contributed by atoms with van der Waals surface area (Å²) < 4.78 is 1.71. The van der Waals surface area contributed by atoms with Gasteiger partial charge in [0.05, 0.1) is 5.92 Å². The Morgan fingerprint density at radius 2 is 1.32 bits per heavy atom. The van der Waals surface area contributed by atoms with E-state index in [1.165, 1.54) is 6.92 Å². The number of hydrogen-bond acceptors (Lipinski definition) is 3. The summed E-state index contributed by atoms with van der Waals surface area (Å²) >= 11 is 6.64. The largest absolute Gasteiger partial charge is 0.295 e. The summed E-state index contributed by atoms with van der Waals surface area (Å²) in [4.78, 5) is 37.2. The molecule has 0 aromatic heterocycles. The van der Waals surface area contributed by atoms with Crippen molar-refractivity contribution >= 4 is 49.2 Å². The van der Waals surface area contributed by atoms with Crippen LogP contribution in [0.1, 0.15) is 34.1 Å². The molecule has 0 unspecified atom stereocenters. The normalized spacial score (nSPS) is 11.6. The van der Waals surface area contributed by atoms with Crippen molar-refractivity contribution in [1.29, 1.82) is 0 Å². The molecule has 0 amide bonds. The minimum atomic E-state index is -0.866. The Morgan fingerprint density at radius 3 is 1.76 bits per heavy atom. The third-order valence-electron chi connectivity index (χ3n) is 3.87. The average molecular weight is 464 g/mol. The third kappa shape index (κ3) is 5.06. The predicted octanol–water partition coefficient (Wildman–Crippen LogP) is 5.43. The zero-order valence-electron chi connectivity index (χ0n) is 13.6. The number of allylic oxidation sites excluding steroid dienone is 1. The van der Waals surface area contributed by atoms with E-state index in [2.05, 4.69) is 38.4 Å². The minimum Gasteiger partial charge on any atom is -0.295 e. The van der Waals surface area contributed by atoms with Crippen LogP contribution in [0, 0.1) is 5.92 Å². The van der Waals surface area contributed by atoms with Crippen molar-refractivity contribution in [3.05, 3.63) is 80.8 Å². The van der Waals surface area contributed by atoms with Crippen LogP contribution in [0.3, 0.4) is 0 Å². The zero-order valence-corrected chi connectivity index (χ0v) is 16.8. The molecule has 5 heteroatoms. The minimum absolute atomic E-state index is 0.0884. The van der Waals surface area contributed by atoms with Crippen molar-refractivity contribution in [2.75, 3.05) is 0 Å². The molecule has 0 N–H and O–H groups in total. The van der Waals surface area contributed by atoms with Gasteiger partial charge in [-0.2, -0.15) is 0 Å². The van der Waals surface area contributed by atoms with E-state index in [0.29, 0.717) is 11.1 Å². The van der Waals surface area contributed by atoms with Crippen LogP contribution < -0.4 is 0 Å². The third-order valence-corrected chi connectivity index (χ3v) is 4.93. The van der Waals surface area contributed by atoms with Crippen molar-refractivity contribution in [3.63, 3.8) is 0 Å². The van der Waals surface area contributed by atoms with Gasteiger partial charge in [-0.05, 0) is 36.8 Å². The number of benzene rings is 2. The lowest BCUT2D eigenvalue weighted by Gasteiger charge is -2.16. The Morgan fingerprint density at radius 1 is 0.880 bits per heavy atom.